The van der Waals surface area contributed by atoms with E-state index in [0.717, 1.165) is 30.1 Å². The molecule has 0 amide bonds. The molecule has 0 saturated heterocycles. The molecular formula is C13H16ClN3OS. The summed E-state index contributed by atoms with van der Waals surface area (Å²) in [4.78, 5) is 0. The highest BCUT2D eigenvalue weighted by molar-refractivity contribution is 7.10. The molecule has 102 valence electrons. The molecule has 2 rings (SSSR count). The Balaban J connectivity index is 1.90. The number of halogens is 1. The van der Waals surface area contributed by atoms with Gasteiger partial charge in [-0.3, -0.25) is 0 Å². The standard InChI is InChI=1S/C13H16ClN3OS/c1-2-10(15)7-9-3-5-11(6-4-9)18-8-12-13(14)19-17-16-12/h3-6,10H,2,7-8,15H2,1H3. The first-order valence-corrected chi connectivity index (χ1v) is 7.28. The van der Waals surface area contributed by atoms with Crippen molar-refractivity contribution < 1.29 is 4.74 Å². The first-order valence-electron chi connectivity index (χ1n) is 6.13. The normalized spacial score (nSPS) is 12.4. The molecule has 0 spiro atoms. The molecule has 1 aromatic carbocycles. The Bertz CT molecular complexity index is 515. The van der Waals surface area contributed by atoms with E-state index in [1.54, 1.807) is 0 Å². The second-order valence-corrected chi connectivity index (χ2v) is 5.65. The summed E-state index contributed by atoms with van der Waals surface area (Å²) in [7, 11) is 0. The summed E-state index contributed by atoms with van der Waals surface area (Å²) in [6.45, 7) is 2.43. The Morgan fingerprint density at radius 2 is 2.11 bits per heavy atom. The summed E-state index contributed by atoms with van der Waals surface area (Å²) in [6.07, 6.45) is 1.87. The molecule has 0 aliphatic heterocycles. The SMILES string of the molecule is CCC(N)Cc1ccc(OCc2nnsc2Cl)cc1. The van der Waals surface area contributed by atoms with Gasteiger partial charge in [-0.25, -0.2) is 0 Å². The summed E-state index contributed by atoms with van der Waals surface area (Å²) >= 11 is 7.07. The fraction of sp³-hybridized carbons (Fsp3) is 0.385. The minimum Gasteiger partial charge on any atom is -0.487 e. The van der Waals surface area contributed by atoms with Crippen molar-refractivity contribution in [1.82, 2.24) is 9.59 Å². The molecule has 1 atom stereocenters. The van der Waals surface area contributed by atoms with Crippen LogP contribution < -0.4 is 10.5 Å². The van der Waals surface area contributed by atoms with Crippen molar-refractivity contribution in [2.24, 2.45) is 5.73 Å². The van der Waals surface area contributed by atoms with Gasteiger partial charge >= 0.3 is 0 Å². The van der Waals surface area contributed by atoms with Gasteiger partial charge in [-0.05, 0) is 30.5 Å². The third-order valence-electron chi connectivity index (χ3n) is 2.83. The van der Waals surface area contributed by atoms with Crippen molar-refractivity contribution in [3.63, 3.8) is 0 Å². The molecule has 0 aliphatic rings. The average Bonchev–Trinajstić information content (AvgIpc) is 2.83. The van der Waals surface area contributed by atoms with Gasteiger partial charge in [-0.15, -0.1) is 5.10 Å². The highest BCUT2D eigenvalue weighted by atomic mass is 35.5. The van der Waals surface area contributed by atoms with Crippen molar-refractivity contribution in [3.8, 4) is 5.75 Å². The number of nitrogens with zero attached hydrogens (tertiary/aromatic N) is 2. The molecule has 2 N–H and O–H groups in total. The van der Waals surface area contributed by atoms with Crippen molar-refractivity contribution in [1.29, 1.82) is 0 Å². The molecule has 1 unspecified atom stereocenters. The fourth-order valence-electron chi connectivity index (χ4n) is 1.60. The maximum atomic E-state index is 5.92. The lowest BCUT2D eigenvalue weighted by atomic mass is 10.0. The predicted molar refractivity (Wildman–Crippen MR) is 77.7 cm³/mol. The van der Waals surface area contributed by atoms with E-state index >= 15 is 0 Å². The fourth-order valence-corrected chi connectivity index (χ4v) is 2.20. The highest BCUT2D eigenvalue weighted by Gasteiger charge is 2.06. The van der Waals surface area contributed by atoms with Gasteiger partial charge in [0.15, 0.2) is 0 Å². The number of rotatable bonds is 6. The van der Waals surface area contributed by atoms with Crippen LogP contribution in [0.1, 0.15) is 24.6 Å². The Kier molecular flexibility index (Phi) is 5.13. The summed E-state index contributed by atoms with van der Waals surface area (Å²) in [5.41, 5.74) is 7.81. The number of hydrogen-bond acceptors (Lipinski definition) is 5. The van der Waals surface area contributed by atoms with E-state index in [1.807, 2.05) is 24.3 Å². The number of benzene rings is 1. The van der Waals surface area contributed by atoms with Gasteiger partial charge in [0.05, 0.1) is 0 Å². The van der Waals surface area contributed by atoms with Gasteiger partial charge in [-0.1, -0.05) is 35.1 Å². The van der Waals surface area contributed by atoms with E-state index < -0.39 is 0 Å². The van der Waals surface area contributed by atoms with E-state index in [-0.39, 0.29) is 6.04 Å². The summed E-state index contributed by atoms with van der Waals surface area (Å²) in [5.74, 6) is 0.790. The van der Waals surface area contributed by atoms with Gasteiger partial charge in [0, 0.05) is 17.6 Å². The van der Waals surface area contributed by atoms with E-state index in [9.17, 15) is 0 Å². The monoisotopic (exact) mass is 297 g/mol. The van der Waals surface area contributed by atoms with E-state index in [0.29, 0.717) is 16.6 Å². The van der Waals surface area contributed by atoms with Crippen LogP contribution in [0, 0.1) is 0 Å². The Labute approximate surface area is 121 Å². The third-order valence-corrected chi connectivity index (χ3v) is 3.81. The van der Waals surface area contributed by atoms with E-state index in [4.69, 9.17) is 22.1 Å². The van der Waals surface area contributed by atoms with Crippen molar-refractivity contribution >= 4 is 23.1 Å². The Hall–Kier alpha value is -1.17. The van der Waals surface area contributed by atoms with Crippen LogP contribution in [0.3, 0.4) is 0 Å². The maximum absolute atomic E-state index is 5.92. The van der Waals surface area contributed by atoms with Gasteiger partial charge < -0.3 is 10.5 Å². The smallest absolute Gasteiger partial charge is 0.141 e. The topological polar surface area (TPSA) is 61.0 Å². The minimum absolute atomic E-state index is 0.214. The first-order chi connectivity index (χ1) is 9.19. The second kappa shape index (κ2) is 6.84. The molecule has 2 aromatic rings. The van der Waals surface area contributed by atoms with Crippen LogP contribution in [0.25, 0.3) is 0 Å². The molecule has 1 aromatic heterocycles. The van der Waals surface area contributed by atoms with Crippen molar-refractivity contribution in [2.45, 2.75) is 32.4 Å². The molecule has 0 aliphatic carbocycles. The molecule has 0 bridgehead atoms. The van der Waals surface area contributed by atoms with Crippen molar-refractivity contribution in [2.75, 3.05) is 0 Å². The minimum atomic E-state index is 0.214. The van der Waals surface area contributed by atoms with Gasteiger partial charge in [0.1, 0.15) is 22.4 Å². The summed E-state index contributed by atoms with van der Waals surface area (Å²) in [5, 5.41) is 3.89. The molecule has 6 heteroatoms. The quantitative estimate of drug-likeness (QED) is 0.890. The number of hydrogen-bond donors (Lipinski definition) is 1. The molecular weight excluding hydrogens is 282 g/mol. The van der Waals surface area contributed by atoms with E-state index in [2.05, 4.69) is 16.5 Å². The first kappa shape index (κ1) is 14.2. The zero-order chi connectivity index (χ0) is 13.7. The van der Waals surface area contributed by atoms with Crippen molar-refractivity contribution in [3.05, 3.63) is 39.9 Å². The van der Waals surface area contributed by atoms with Crippen LogP contribution in [-0.4, -0.2) is 15.6 Å². The largest absolute Gasteiger partial charge is 0.487 e. The second-order valence-electron chi connectivity index (χ2n) is 4.30. The zero-order valence-electron chi connectivity index (χ0n) is 10.7. The lowest BCUT2D eigenvalue weighted by Gasteiger charge is -2.09. The number of ether oxygens (including phenoxy) is 1. The van der Waals surface area contributed by atoms with Crippen LogP contribution in [0.15, 0.2) is 24.3 Å². The third kappa shape index (κ3) is 4.16. The van der Waals surface area contributed by atoms with Gasteiger partial charge in [0.25, 0.3) is 0 Å². The Morgan fingerprint density at radius 1 is 1.37 bits per heavy atom. The molecule has 19 heavy (non-hydrogen) atoms. The van der Waals surface area contributed by atoms with Gasteiger partial charge in [0.2, 0.25) is 0 Å². The summed E-state index contributed by atoms with van der Waals surface area (Å²) < 4.78 is 9.94. The molecule has 1 heterocycles. The number of nitrogens with two attached hydrogens (primary N) is 1. The van der Waals surface area contributed by atoms with Crippen LogP contribution in [0.5, 0.6) is 5.75 Å². The summed E-state index contributed by atoms with van der Waals surface area (Å²) in [6, 6.07) is 8.15. The van der Waals surface area contributed by atoms with Crippen LogP contribution >= 0.6 is 23.1 Å². The molecule has 0 fully saturated rings. The Morgan fingerprint density at radius 3 is 2.68 bits per heavy atom. The van der Waals surface area contributed by atoms with Crippen LogP contribution in [0.2, 0.25) is 4.34 Å². The van der Waals surface area contributed by atoms with E-state index in [1.165, 1.54) is 5.56 Å². The average molecular weight is 298 g/mol. The maximum Gasteiger partial charge on any atom is 0.141 e. The van der Waals surface area contributed by atoms with Crippen LogP contribution in [-0.2, 0) is 13.0 Å². The zero-order valence-corrected chi connectivity index (χ0v) is 12.2. The highest BCUT2D eigenvalue weighted by Crippen LogP contribution is 2.20. The molecule has 4 nitrogen and oxygen atoms in total. The molecule has 0 radical (unpaired) electrons. The van der Waals surface area contributed by atoms with Crippen LogP contribution in [0.4, 0.5) is 0 Å². The number of aromatic nitrogens is 2. The lowest BCUT2D eigenvalue weighted by Crippen LogP contribution is -2.21. The van der Waals surface area contributed by atoms with Gasteiger partial charge in [-0.2, -0.15) is 0 Å². The molecule has 0 saturated carbocycles. The lowest BCUT2D eigenvalue weighted by molar-refractivity contribution is 0.301. The predicted octanol–water partition coefficient (Wildman–Crippen LogP) is 3.05.